The Morgan fingerprint density at radius 2 is 1.78 bits per heavy atom. The van der Waals surface area contributed by atoms with E-state index >= 15 is 0 Å². The molecule has 0 saturated carbocycles. The van der Waals surface area contributed by atoms with Crippen molar-refractivity contribution in [2.24, 2.45) is 5.92 Å². The highest BCUT2D eigenvalue weighted by atomic mass is 16.2. The van der Waals surface area contributed by atoms with Crippen LogP contribution in [0.5, 0.6) is 0 Å². The molecule has 1 unspecified atom stereocenters. The molecule has 104 valence electrons. The minimum atomic E-state index is -0.0975. The van der Waals surface area contributed by atoms with Gasteiger partial charge in [0.25, 0.3) is 0 Å². The van der Waals surface area contributed by atoms with Gasteiger partial charge in [-0.25, -0.2) is 0 Å². The van der Waals surface area contributed by atoms with E-state index in [1.807, 2.05) is 13.8 Å². The predicted molar refractivity (Wildman–Crippen MR) is 74.1 cm³/mol. The lowest BCUT2D eigenvalue weighted by molar-refractivity contribution is -0.132. The molecule has 0 aliphatic rings. The Morgan fingerprint density at radius 1 is 1.22 bits per heavy atom. The summed E-state index contributed by atoms with van der Waals surface area (Å²) in [6.45, 7) is 11.7. The molecule has 4 heteroatoms. The van der Waals surface area contributed by atoms with Crippen LogP contribution in [0, 0.1) is 17.2 Å². The van der Waals surface area contributed by atoms with Crippen LogP contribution in [-0.4, -0.2) is 48.4 Å². The highest BCUT2D eigenvalue weighted by Crippen LogP contribution is 2.02. The van der Waals surface area contributed by atoms with Crippen LogP contribution in [0.3, 0.4) is 0 Å². The average Bonchev–Trinajstić information content (AvgIpc) is 2.35. The van der Waals surface area contributed by atoms with Crippen molar-refractivity contribution >= 4 is 5.91 Å². The van der Waals surface area contributed by atoms with Crippen LogP contribution in [-0.2, 0) is 4.79 Å². The summed E-state index contributed by atoms with van der Waals surface area (Å²) < 4.78 is 0. The molecule has 0 fully saturated rings. The summed E-state index contributed by atoms with van der Waals surface area (Å²) in [5, 5.41) is 8.81. The number of rotatable bonds is 9. The molecule has 0 heterocycles. The van der Waals surface area contributed by atoms with Gasteiger partial charge in [-0.15, -0.1) is 0 Å². The first kappa shape index (κ1) is 16.9. The van der Waals surface area contributed by atoms with Crippen molar-refractivity contribution in [2.75, 3.05) is 32.7 Å². The number of carbonyl (C=O) groups is 1. The van der Waals surface area contributed by atoms with E-state index in [4.69, 9.17) is 5.26 Å². The van der Waals surface area contributed by atoms with Gasteiger partial charge in [0.05, 0.1) is 18.5 Å². The van der Waals surface area contributed by atoms with Crippen molar-refractivity contribution in [1.82, 2.24) is 9.80 Å². The van der Waals surface area contributed by atoms with Crippen molar-refractivity contribution in [3.63, 3.8) is 0 Å². The van der Waals surface area contributed by atoms with E-state index in [1.54, 1.807) is 4.90 Å². The summed E-state index contributed by atoms with van der Waals surface area (Å²) in [5.74, 6) is 0.0428. The van der Waals surface area contributed by atoms with E-state index in [0.29, 0.717) is 19.6 Å². The third kappa shape index (κ3) is 6.61. The minimum Gasteiger partial charge on any atom is -0.341 e. The average molecular weight is 253 g/mol. The van der Waals surface area contributed by atoms with E-state index < -0.39 is 0 Å². The van der Waals surface area contributed by atoms with Gasteiger partial charge in [-0.1, -0.05) is 13.8 Å². The zero-order valence-electron chi connectivity index (χ0n) is 12.3. The Hall–Kier alpha value is -1.08. The van der Waals surface area contributed by atoms with Gasteiger partial charge >= 0.3 is 0 Å². The minimum absolute atomic E-state index is 0.0975. The van der Waals surface area contributed by atoms with Gasteiger partial charge in [-0.05, 0) is 39.8 Å². The number of nitrogens with zero attached hydrogens (tertiary/aromatic N) is 3. The summed E-state index contributed by atoms with van der Waals surface area (Å²) in [6.07, 6.45) is 2.13. The molecule has 0 N–H and O–H groups in total. The van der Waals surface area contributed by atoms with Gasteiger partial charge in [0, 0.05) is 13.1 Å². The lowest BCUT2D eigenvalue weighted by atomic mass is 10.2. The fourth-order valence-electron chi connectivity index (χ4n) is 1.97. The number of hydrogen-bond donors (Lipinski definition) is 0. The van der Waals surface area contributed by atoms with Crippen LogP contribution in [0.2, 0.25) is 0 Å². The van der Waals surface area contributed by atoms with Crippen LogP contribution in [0.1, 0.15) is 40.5 Å². The first-order valence-corrected chi connectivity index (χ1v) is 6.98. The van der Waals surface area contributed by atoms with Crippen LogP contribution in [0.4, 0.5) is 0 Å². The molecule has 18 heavy (non-hydrogen) atoms. The molecule has 0 aromatic rings. The molecule has 0 spiro atoms. The summed E-state index contributed by atoms with van der Waals surface area (Å²) in [7, 11) is 0. The first-order chi connectivity index (χ1) is 8.58. The number of likely N-dealkylation sites (N-methyl/N-ethyl adjacent to an activating group) is 1. The van der Waals surface area contributed by atoms with Gasteiger partial charge < -0.3 is 4.90 Å². The Balaban J connectivity index is 4.35. The van der Waals surface area contributed by atoms with Crippen molar-refractivity contribution in [3.8, 4) is 6.07 Å². The monoisotopic (exact) mass is 253 g/mol. The Labute approximate surface area is 112 Å². The molecule has 1 atom stereocenters. The number of amides is 1. The molecule has 0 saturated heterocycles. The SMILES string of the molecule is CCCN(CCC)CC(=O)N(CC)CC(C)C#N. The summed E-state index contributed by atoms with van der Waals surface area (Å²) in [6, 6.07) is 2.18. The molecule has 1 amide bonds. The van der Waals surface area contributed by atoms with Gasteiger partial charge in [0.1, 0.15) is 0 Å². The van der Waals surface area contributed by atoms with Crippen molar-refractivity contribution < 1.29 is 4.79 Å². The zero-order chi connectivity index (χ0) is 14.0. The maximum atomic E-state index is 12.2. The molecule has 0 rings (SSSR count). The largest absolute Gasteiger partial charge is 0.341 e. The normalized spacial score (nSPS) is 12.2. The molecule has 0 radical (unpaired) electrons. The van der Waals surface area contributed by atoms with Crippen molar-refractivity contribution in [2.45, 2.75) is 40.5 Å². The third-order valence-corrected chi connectivity index (χ3v) is 2.89. The Morgan fingerprint density at radius 3 is 2.17 bits per heavy atom. The van der Waals surface area contributed by atoms with E-state index in [1.165, 1.54) is 0 Å². The van der Waals surface area contributed by atoms with Gasteiger partial charge in [0.15, 0.2) is 0 Å². The van der Waals surface area contributed by atoms with Gasteiger partial charge in [-0.2, -0.15) is 5.26 Å². The second-order valence-electron chi connectivity index (χ2n) is 4.74. The molecule has 4 nitrogen and oxygen atoms in total. The summed E-state index contributed by atoms with van der Waals surface area (Å²) in [5.41, 5.74) is 0. The third-order valence-electron chi connectivity index (χ3n) is 2.89. The highest BCUT2D eigenvalue weighted by Gasteiger charge is 2.17. The molecule has 0 aliphatic carbocycles. The van der Waals surface area contributed by atoms with Crippen molar-refractivity contribution in [3.05, 3.63) is 0 Å². The maximum Gasteiger partial charge on any atom is 0.236 e. The van der Waals surface area contributed by atoms with Crippen LogP contribution >= 0.6 is 0 Å². The standard InChI is InChI=1S/C14H27N3O/c1-5-8-16(9-6-2)12-14(18)17(7-3)11-13(4)10-15/h13H,5-9,11-12H2,1-4H3. The number of carbonyl (C=O) groups excluding carboxylic acids is 1. The fourth-order valence-corrected chi connectivity index (χ4v) is 1.97. The van der Waals surface area contributed by atoms with E-state index in [0.717, 1.165) is 25.9 Å². The van der Waals surface area contributed by atoms with Crippen LogP contribution < -0.4 is 0 Å². The van der Waals surface area contributed by atoms with Gasteiger partial charge in [0.2, 0.25) is 5.91 Å². The Kier molecular flexibility index (Phi) is 9.31. The zero-order valence-corrected chi connectivity index (χ0v) is 12.3. The molecule has 0 aromatic carbocycles. The first-order valence-electron chi connectivity index (χ1n) is 6.98. The highest BCUT2D eigenvalue weighted by molar-refractivity contribution is 5.78. The second kappa shape index (κ2) is 9.90. The smallest absolute Gasteiger partial charge is 0.236 e. The van der Waals surface area contributed by atoms with Crippen molar-refractivity contribution in [1.29, 1.82) is 5.26 Å². The fraction of sp³-hybridized carbons (Fsp3) is 0.857. The number of nitriles is 1. The lowest BCUT2D eigenvalue weighted by Gasteiger charge is -2.26. The summed E-state index contributed by atoms with van der Waals surface area (Å²) in [4.78, 5) is 16.1. The van der Waals surface area contributed by atoms with Crippen LogP contribution in [0.15, 0.2) is 0 Å². The maximum absolute atomic E-state index is 12.2. The quantitative estimate of drug-likeness (QED) is 0.632. The molecular weight excluding hydrogens is 226 g/mol. The molecule has 0 aliphatic heterocycles. The van der Waals surface area contributed by atoms with Gasteiger partial charge in [-0.3, -0.25) is 9.69 Å². The van der Waals surface area contributed by atoms with E-state index in [9.17, 15) is 4.79 Å². The molecule has 0 bridgehead atoms. The Bertz CT molecular complexity index is 267. The second-order valence-corrected chi connectivity index (χ2v) is 4.74. The lowest BCUT2D eigenvalue weighted by Crippen LogP contribution is -2.42. The summed E-state index contributed by atoms with van der Waals surface area (Å²) >= 11 is 0. The van der Waals surface area contributed by atoms with E-state index in [2.05, 4.69) is 24.8 Å². The predicted octanol–water partition coefficient (Wildman–Crippen LogP) is 2.12. The van der Waals surface area contributed by atoms with Crippen LogP contribution in [0.25, 0.3) is 0 Å². The molecule has 0 aromatic heterocycles. The molecular formula is C14H27N3O. The topological polar surface area (TPSA) is 47.3 Å². The van der Waals surface area contributed by atoms with E-state index in [-0.39, 0.29) is 11.8 Å². The number of hydrogen-bond acceptors (Lipinski definition) is 3.